The van der Waals surface area contributed by atoms with E-state index in [-0.39, 0.29) is 17.0 Å². The molecular weight excluding hydrogens is 411 g/mol. The summed E-state index contributed by atoms with van der Waals surface area (Å²) in [5.74, 6) is -5.55. The van der Waals surface area contributed by atoms with Gasteiger partial charge in [-0.25, -0.2) is 8.78 Å². The molecule has 0 spiro atoms. The molecule has 0 saturated carbocycles. The van der Waals surface area contributed by atoms with Gasteiger partial charge in [0.05, 0.1) is 0 Å². The number of epoxide rings is 1. The Labute approximate surface area is 159 Å². The lowest BCUT2D eigenvalue weighted by Gasteiger charge is -2.35. The van der Waals surface area contributed by atoms with Gasteiger partial charge in [-0.3, -0.25) is 0 Å². The second kappa shape index (κ2) is 5.97. The van der Waals surface area contributed by atoms with E-state index in [2.05, 4.69) is 0 Å². The van der Waals surface area contributed by atoms with Crippen LogP contribution < -0.4 is 9.47 Å². The largest absolute Gasteiger partial charge is 0.618 e. The van der Waals surface area contributed by atoms with Crippen LogP contribution in [0.2, 0.25) is 0 Å². The van der Waals surface area contributed by atoms with Crippen LogP contribution in [0, 0.1) is 5.21 Å². The average Bonchev–Trinajstić information content (AvgIpc) is 3.44. The zero-order valence-electron chi connectivity index (χ0n) is 14.4. The zero-order chi connectivity index (χ0) is 21.2. The van der Waals surface area contributed by atoms with Gasteiger partial charge in [0.15, 0.2) is 11.8 Å². The second-order valence-corrected chi connectivity index (χ2v) is 6.86. The summed E-state index contributed by atoms with van der Waals surface area (Å²) in [6.07, 6.45) is -6.27. The van der Waals surface area contributed by atoms with Crippen LogP contribution >= 0.6 is 0 Å². The van der Waals surface area contributed by atoms with Crippen molar-refractivity contribution in [3.05, 3.63) is 64.6 Å². The zero-order valence-corrected chi connectivity index (χ0v) is 14.4. The van der Waals surface area contributed by atoms with Gasteiger partial charge >= 0.3 is 12.1 Å². The molecule has 11 heteroatoms. The topological polar surface area (TPSA) is 48.7 Å². The highest BCUT2D eigenvalue weighted by Gasteiger charge is 2.76. The molecule has 0 amide bonds. The summed E-state index contributed by atoms with van der Waals surface area (Å²) < 4.78 is 105. The smallest absolute Gasteiger partial charge is 0.458 e. The first-order valence-corrected chi connectivity index (χ1v) is 8.30. The molecule has 2 atom stereocenters. The highest BCUT2D eigenvalue weighted by molar-refractivity contribution is 5.54. The van der Waals surface area contributed by atoms with Gasteiger partial charge in [-0.1, -0.05) is 0 Å². The standard InChI is InChI=1S/C18H12F7NO3/c19-8-15(9-20)14-16(29-14,13-3-1-2-6-26(13)27)11-7-10(4-5-12(11)28-15)17(21,22)18(23,24)25/h1-7,14H,8-9H2. The Kier molecular flexibility index (Phi) is 4.07. The molecule has 29 heavy (non-hydrogen) atoms. The quantitative estimate of drug-likeness (QED) is 0.326. The third-order valence-electron chi connectivity index (χ3n) is 5.16. The van der Waals surface area contributed by atoms with Crippen LogP contribution in [-0.4, -0.2) is 31.2 Å². The summed E-state index contributed by atoms with van der Waals surface area (Å²) in [6.45, 7) is -2.75. The van der Waals surface area contributed by atoms with Crippen molar-refractivity contribution in [1.29, 1.82) is 0 Å². The van der Waals surface area contributed by atoms with E-state index in [9.17, 15) is 35.9 Å². The molecule has 4 rings (SSSR count). The fraction of sp³-hybridized carbons (Fsp3) is 0.389. The van der Waals surface area contributed by atoms with Crippen LogP contribution in [0.5, 0.6) is 5.75 Å². The highest BCUT2D eigenvalue weighted by Crippen LogP contribution is 2.62. The number of aromatic nitrogens is 1. The van der Waals surface area contributed by atoms with Gasteiger partial charge in [-0.15, -0.1) is 0 Å². The predicted molar refractivity (Wildman–Crippen MR) is 82.8 cm³/mol. The molecule has 1 aromatic heterocycles. The van der Waals surface area contributed by atoms with Gasteiger partial charge in [0.25, 0.3) is 0 Å². The molecule has 1 fully saturated rings. The number of alkyl halides is 7. The average molecular weight is 423 g/mol. The number of pyridine rings is 1. The minimum atomic E-state index is -5.87. The van der Waals surface area contributed by atoms with Crippen molar-refractivity contribution >= 4 is 0 Å². The molecule has 3 heterocycles. The van der Waals surface area contributed by atoms with Crippen LogP contribution in [-0.2, 0) is 16.3 Å². The summed E-state index contributed by atoms with van der Waals surface area (Å²) in [4.78, 5) is 0. The van der Waals surface area contributed by atoms with E-state index in [0.717, 1.165) is 12.3 Å². The molecule has 156 valence electrons. The van der Waals surface area contributed by atoms with Crippen molar-refractivity contribution in [1.82, 2.24) is 0 Å². The number of fused-ring (bicyclic) bond motifs is 3. The third kappa shape index (κ3) is 2.52. The number of rotatable bonds is 4. The molecule has 2 aliphatic rings. The first kappa shape index (κ1) is 19.7. The first-order valence-electron chi connectivity index (χ1n) is 8.30. The summed E-state index contributed by atoms with van der Waals surface area (Å²) >= 11 is 0. The highest BCUT2D eigenvalue weighted by atomic mass is 19.4. The lowest BCUT2D eigenvalue weighted by atomic mass is 9.80. The molecule has 1 aromatic carbocycles. The molecule has 2 aliphatic heterocycles. The minimum Gasteiger partial charge on any atom is -0.618 e. The molecule has 4 nitrogen and oxygen atoms in total. The predicted octanol–water partition coefficient (Wildman–Crippen LogP) is 3.69. The van der Waals surface area contributed by atoms with Crippen molar-refractivity contribution in [3.8, 4) is 5.75 Å². The number of ether oxygens (including phenoxy) is 2. The SMILES string of the molecule is [O-][n+]1ccccc1C12OC1C(CF)(CF)Oc1ccc(C(F)(F)C(F)(F)F)cc12. The maximum Gasteiger partial charge on any atom is 0.458 e. The fourth-order valence-electron chi connectivity index (χ4n) is 3.65. The molecular formula is C18H12F7NO3. The lowest BCUT2D eigenvalue weighted by Crippen LogP contribution is -2.53. The Bertz CT molecular complexity index is 961. The normalized spacial score (nSPS) is 25.0. The minimum absolute atomic E-state index is 0.215. The number of nitrogens with zero attached hydrogens (tertiary/aromatic N) is 1. The van der Waals surface area contributed by atoms with E-state index >= 15 is 0 Å². The van der Waals surface area contributed by atoms with Crippen LogP contribution in [0.4, 0.5) is 30.7 Å². The summed E-state index contributed by atoms with van der Waals surface area (Å²) in [5.41, 5.74) is -6.05. The Hall–Kier alpha value is -2.56. The maximum atomic E-state index is 13.9. The van der Waals surface area contributed by atoms with Crippen molar-refractivity contribution in [2.45, 2.75) is 29.4 Å². The van der Waals surface area contributed by atoms with Crippen LogP contribution in [0.25, 0.3) is 0 Å². The van der Waals surface area contributed by atoms with Crippen molar-refractivity contribution in [3.63, 3.8) is 0 Å². The lowest BCUT2D eigenvalue weighted by molar-refractivity contribution is -0.617. The van der Waals surface area contributed by atoms with Gasteiger partial charge < -0.3 is 14.7 Å². The maximum absolute atomic E-state index is 13.9. The monoisotopic (exact) mass is 423 g/mol. The van der Waals surface area contributed by atoms with Crippen LogP contribution in [0.3, 0.4) is 0 Å². The Morgan fingerprint density at radius 3 is 2.31 bits per heavy atom. The van der Waals surface area contributed by atoms with E-state index in [1.54, 1.807) is 0 Å². The first-order chi connectivity index (χ1) is 13.5. The van der Waals surface area contributed by atoms with E-state index in [0.29, 0.717) is 16.9 Å². The molecule has 2 unspecified atom stereocenters. The van der Waals surface area contributed by atoms with E-state index in [1.807, 2.05) is 0 Å². The summed E-state index contributed by atoms with van der Waals surface area (Å²) in [5, 5.41) is 12.3. The van der Waals surface area contributed by atoms with Crippen molar-refractivity contribution in [2.24, 2.45) is 0 Å². The third-order valence-corrected chi connectivity index (χ3v) is 5.16. The van der Waals surface area contributed by atoms with Gasteiger partial charge in [0, 0.05) is 23.3 Å². The fourth-order valence-corrected chi connectivity index (χ4v) is 3.65. The summed E-state index contributed by atoms with van der Waals surface area (Å²) in [6, 6.07) is 5.69. The molecule has 0 aliphatic carbocycles. The van der Waals surface area contributed by atoms with Crippen LogP contribution in [0.1, 0.15) is 16.8 Å². The Morgan fingerprint density at radius 2 is 1.72 bits per heavy atom. The molecule has 0 radical (unpaired) electrons. The van der Waals surface area contributed by atoms with E-state index in [1.165, 1.54) is 18.2 Å². The number of hydrogen-bond donors (Lipinski definition) is 0. The van der Waals surface area contributed by atoms with Gasteiger partial charge in [-0.2, -0.15) is 26.7 Å². The number of hydrogen-bond acceptors (Lipinski definition) is 3. The summed E-state index contributed by atoms with van der Waals surface area (Å²) in [7, 11) is 0. The molecule has 0 bridgehead atoms. The second-order valence-electron chi connectivity index (χ2n) is 6.86. The van der Waals surface area contributed by atoms with E-state index < -0.39 is 48.3 Å². The van der Waals surface area contributed by atoms with Crippen molar-refractivity contribution in [2.75, 3.05) is 13.3 Å². The van der Waals surface area contributed by atoms with E-state index in [4.69, 9.17) is 9.47 Å². The van der Waals surface area contributed by atoms with Gasteiger partial charge in [0.2, 0.25) is 11.3 Å². The van der Waals surface area contributed by atoms with Crippen molar-refractivity contribution < 1.29 is 44.9 Å². The molecule has 1 saturated heterocycles. The molecule has 0 N–H and O–H groups in total. The Morgan fingerprint density at radius 1 is 1.03 bits per heavy atom. The number of benzene rings is 1. The Balaban J connectivity index is 1.95. The van der Waals surface area contributed by atoms with Gasteiger partial charge in [0.1, 0.15) is 25.2 Å². The van der Waals surface area contributed by atoms with Crippen LogP contribution in [0.15, 0.2) is 42.6 Å². The molecule has 2 aromatic rings. The van der Waals surface area contributed by atoms with Gasteiger partial charge in [-0.05, 0) is 24.3 Å². The number of halogens is 7.